The summed E-state index contributed by atoms with van der Waals surface area (Å²) in [5.74, 6) is 0.943. The zero-order valence-electron chi connectivity index (χ0n) is 13.6. The molecule has 1 N–H and O–H groups in total. The number of nitrogens with zero attached hydrogens (tertiary/aromatic N) is 3. The number of ether oxygens (including phenoxy) is 1. The van der Waals surface area contributed by atoms with Crippen molar-refractivity contribution in [1.82, 2.24) is 20.1 Å². The maximum atomic E-state index is 12.2. The second-order valence-electron chi connectivity index (χ2n) is 5.36. The standard InChI is InChI=1S/C18H18N4O2/c1-13-11-16(21-22(13)2)17(23)20-12-14-7-6-10-19-18(14)24-15-8-4-3-5-9-15/h3-11H,12H2,1-2H3,(H,20,23). The summed E-state index contributed by atoms with van der Waals surface area (Å²) in [5.41, 5.74) is 2.11. The topological polar surface area (TPSA) is 69.0 Å². The molecule has 2 heterocycles. The number of carbonyl (C=O) groups excluding carboxylic acids is 1. The van der Waals surface area contributed by atoms with Crippen LogP contribution in [0, 0.1) is 6.92 Å². The lowest BCUT2D eigenvalue weighted by Gasteiger charge is -2.10. The molecule has 24 heavy (non-hydrogen) atoms. The number of aryl methyl sites for hydroxylation is 2. The minimum atomic E-state index is -0.229. The predicted octanol–water partition coefficient (Wildman–Crippen LogP) is 2.85. The van der Waals surface area contributed by atoms with Gasteiger partial charge in [-0.2, -0.15) is 5.10 Å². The number of aromatic nitrogens is 3. The van der Waals surface area contributed by atoms with Crippen LogP contribution in [0.25, 0.3) is 0 Å². The summed E-state index contributed by atoms with van der Waals surface area (Å²) in [5, 5.41) is 7.02. The monoisotopic (exact) mass is 322 g/mol. The quantitative estimate of drug-likeness (QED) is 0.784. The third-order valence-corrected chi connectivity index (χ3v) is 3.59. The number of benzene rings is 1. The average molecular weight is 322 g/mol. The molecular weight excluding hydrogens is 304 g/mol. The lowest BCUT2D eigenvalue weighted by molar-refractivity contribution is 0.0945. The van der Waals surface area contributed by atoms with Gasteiger partial charge in [0, 0.05) is 31.0 Å². The second kappa shape index (κ2) is 6.95. The lowest BCUT2D eigenvalue weighted by atomic mass is 10.2. The molecule has 0 atom stereocenters. The first-order chi connectivity index (χ1) is 11.6. The van der Waals surface area contributed by atoms with E-state index in [9.17, 15) is 4.79 Å². The van der Waals surface area contributed by atoms with E-state index in [1.54, 1.807) is 24.0 Å². The van der Waals surface area contributed by atoms with Gasteiger partial charge in [-0.3, -0.25) is 9.48 Å². The van der Waals surface area contributed by atoms with Crippen LogP contribution in [0.3, 0.4) is 0 Å². The fraction of sp³-hybridized carbons (Fsp3) is 0.167. The van der Waals surface area contributed by atoms with Gasteiger partial charge in [-0.05, 0) is 31.2 Å². The van der Waals surface area contributed by atoms with Crippen molar-refractivity contribution in [1.29, 1.82) is 0 Å². The van der Waals surface area contributed by atoms with Crippen molar-refractivity contribution in [2.45, 2.75) is 13.5 Å². The van der Waals surface area contributed by atoms with Crippen molar-refractivity contribution in [3.05, 3.63) is 71.7 Å². The number of hydrogen-bond acceptors (Lipinski definition) is 4. The first-order valence-corrected chi connectivity index (χ1v) is 7.59. The molecule has 2 aromatic heterocycles. The van der Waals surface area contributed by atoms with E-state index in [1.807, 2.05) is 49.4 Å². The van der Waals surface area contributed by atoms with E-state index in [4.69, 9.17) is 4.74 Å². The maximum absolute atomic E-state index is 12.2. The summed E-state index contributed by atoms with van der Waals surface area (Å²) >= 11 is 0. The fourth-order valence-electron chi connectivity index (χ4n) is 2.19. The SMILES string of the molecule is Cc1cc(C(=O)NCc2cccnc2Oc2ccccc2)nn1C. The van der Waals surface area contributed by atoms with E-state index in [1.165, 1.54) is 0 Å². The second-order valence-corrected chi connectivity index (χ2v) is 5.36. The number of hydrogen-bond donors (Lipinski definition) is 1. The highest BCUT2D eigenvalue weighted by Crippen LogP contribution is 2.22. The van der Waals surface area contributed by atoms with Crippen LogP contribution in [0.2, 0.25) is 0 Å². The number of para-hydroxylation sites is 1. The Kier molecular flexibility index (Phi) is 4.56. The van der Waals surface area contributed by atoms with Gasteiger partial charge in [0.05, 0.1) is 0 Å². The Morgan fingerprint density at radius 3 is 2.71 bits per heavy atom. The van der Waals surface area contributed by atoms with Gasteiger partial charge in [0.15, 0.2) is 0 Å². The highest BCUT2D eigenvalue weighted by atomic mass is 16.5. The molecule has 1 aromatic carbocycles. The van der Waals surface area contributed by atoms with Crippen LogP contribution in [-0.2, 0) is 13.6 Å². The normalized spacial score (nSPS) is 10.4. The molecule has 0 aliphatic carbocycles. The molecule has 0 aliphatic heterocycles. The summed E-state index contributed by atoms with van der Waals surface area (Å²) in [7, 11) is 1.80. The van der Waals surface area contributed by atoms with Crippen molar-refractivity contribution in [3.8, 4) is 11.6 Å². The summed E-state index contributed by atoms with van der Waals surface area (Å²) in [4.78, 5) is 16.5. The van der Waals surface area contributed by atoms with Crippen molar-refractivity contribution < 1.29 is 9.53 Å². The van der Waals surface area contributed by atoms with Crippen LogP contribution in [0.4, 0.5) is 0 Å². The van der Waals surface area contributed by atoms with E-state index < -0.39 is 0 Å². The Hall–Kier alpha value is -3.15. The van der Waals surface area contributed by atoms with Crippen LogP contribution < -0.4 is 10.1 Å². The molecule has 3 rings (SSSR count). The predicted molar refractivity (Wildman–Crippen MR) is 89.9 cm³/mol. The highest BCUT2D eigenvalue weighted by Gasteiger charge is 2.12. The molecule has 0 saturated heterocycles. The zero-order valence-corrected chi connectivity index (χ0v) is 13.6. The number of pyridine rings is 1. The highest BCUT2D eigenvalue weighted by molar-refractivity contribution is 5.92. The molecule has 6 heteroatoms. The molecule has 122 valence electrons. The molecule has 0 fully saturated rings. The molecule has 6 nitrogen and oxygen atoms in total. The molecular formula is C18H18N4O2. The number of rotatable bonds is 5. The summed E-state index contributed by atoms with van der Waals surface area (Å²) < 4.78 is 7.46. The fourth-order valence-corrected chi connectivity index (χ4v) is 2.19. The molecule has 0 unspecified atom stereocenters. The Balaban J connectivity index is 1.70. The maximum Gasteiger partial charge on any atom is 0.272 e. The molecule has 0 aliphatic rings. The van der Waals surface area contributed by atoms with E-state index in [2.05, 4.69) is 15.4 Å². The number of carbonyl (C=O) groups is 1. The third-order valence-electron chi connectivity index (χ3n) is 3.59. The van der Waals surface area contributed by atoms with E-state index >= 15 is 0 Å². The van der Waals surface area contributed by atoms with Crippen LogP contribution in [0.1, 0.15) is 21.7 Å². The molecule has 3 aromatic rings. The number of nitrogens with one attached hydrogen (secondary N) is 1. The Morgan fingerprint density at radius 2 is 2.00 bits per heavy atom. The van der Waals surface area contributed by atoms with Gasteiger partial charge in [0.25, 0.3) is 5.91 Å². The van der Waals surface area contributed by atoms with Crippen molar-refractivity contribution in [2.75, 3.05) is 0 Å². The molecule has 0 saturated carbocycles. The van der Waals surface area contributed by atoms with Crippen molar-refractivity contribution in [2.24, 2.45) is 7.05 Å². The van der Waals surface area contributed by atoms with Gasteiger partial charge < -0.3 is 10.1 Å². The van der Waals surface area contributed by atoms with Gasteiger partial charge in [-0.1, -0.05) is 24.3 Å². The van der Waals surface area contributed by atoms with Crippen LogP contribution in [0.5, 0.6) is 11.6 Å². The molecule has 1 amide bonds. The van der Waals surface area contributed by atoms with E-state index in [0.29, 0.717) is 23.9 Å². The van der Waals surface area contributed by atoms with Crippen LogP contribution in [-0.4, -0.2) is 20.7 Å². The Morgan fingerprint density at radius 1 is 1.21 bits per heavy atom. The molecule has 0 radical (unpaired) electrons. The van der Waals surface area contributed by atoms with Gasteiger partial charge in [0.2, 0.25) is 5.88 Å². The molecule has 0 bridgehead atoms. The zero-order chi connectivity index (χ0) is 16.9. The minimum Gasteiger partial charge on any atom is -0.439 e. The Bertz CT molecular complexity index is 824. The van der Waals surface area contributed by atoms with Gasteiger partial charge in [0.1, 0.15) is 11.4 Å². The smallest absolute Gasteiger partial charge is 0.272 e. The Labute approximate surface area is 140 Å². The van der Waals surface area contributed by atoms with Crippen LogP contribution >= 0.6 is 0 Å². The van der Waals surface area contributed by atoms with Gasteiger partial charge >= 0.3 is 0 Å². The largest absolute Gasteiger partial charge is 0.439 e. The first-order valence-electron chi connectivity index (χ1n) is 7.59. The third kappa shape index (κ3) is 3.60. The average Bonchev–Trinajstić information content (AvgIpc) is 2.94. The number of amides is 1. The molecule has 0 spiro atoms. The summed E-state index contributed by atoms with van der Waals surface area (Å²) in [6.07, 6.45) is 1.66. The van der Waals surface area contributed by atoms with Gasteiger partial charge in [-0.15, -0.1) is 0 Å². The van der Waals surface area contributed by atoms with Crippen LogP contribution in [0.15, 0.2) is 54.7 Å². The summed E-state index contributed by atoms with van der Waals surface area (Å²) in [6.45, 7) is 2.21. The lowest BCUT2D eigenvalue weighted by Crippen LogP contribution is -2.23. The van der Waals surface area contributed by atoms with Crippen molar-refractivity contribution >= 4 is 5.91 Å². The van der Waals surface area contributed by atoms with E-state index in [0.717, 1.165) is 11.3 Å². The van der Waals surface area contributed by atoms with E-state index in [-0.39, 0.29) is 5.91 Å². The minimum absolute atomic E-state index is 0.229. The van der Waals surface area contributed by atoms with Gasteiger partial charge in [-0.25, -0.2) is 4.98 Å². The summed E-state index contributed by atoms with van der Waals surface area (Å²) in [6, 6.07) is 14.8. The van der Waals surface area contributed by atoms with Crippen molar-refractivity contribution in [3.63, 3.8) is 0 Å². The first kappa shape index (κ1) is 15.7.